The van der Waals surface area contributed by atoms with Crippen LogP contribution >= 0.6 is 11.6 Å². The van der Waals surface area contributed by atoms with Gasteiger partial charge in [0.25, 0.3) is 5.91 Å². The summed E-state index contributed by atoms with van der Waals surface area (Å²) in [5.41, 5.74) is 0.107. The van der Waals surface area contributed by atoms with E-state index in [4.69, 9.17) is 11.6 Å². The molecule has 6 nitrogen and oxygen atoms in total. The summed E-state index contributed by atoms with van der Waals surface area (Å²) in [6, 6.07) is 6.46. The molecule has 0 aromatic heterocycles. The van der Waals surface area contributed by atoms with Gasteiger partial charge in [0.1, 0.15) is 12.1 Å². The summed E-state index contributed by atoms with van der Waals surface area (Å²) in [4.78, 5) is 38.2. The van der Waals surface area contributed by atoms with Crippen molar-refractivity contribution in [2.24, 2.45) is 0 Å². The maximum absolute atomic E-state index is 12.7. The van der Waals surface area contributed by atoms with Crippen LogP contribution < -0.4 is 10.6 Å². The van der Waals surface area contributed by atoms with Crippen LogP contribution in [0.15, 0.2) is 24.3 Å². The zero-order chi connectivity index (χ0) is 18.0. The average Bonchev–Trinajstić information content (AvgIpc) is 2.80. The van der Waals surface area contributed by atoms with Crippen LogP contribution in [0.25, 0.3) is 0 Å². The molecule has 4 amide bonds. The highest BCUT2D eigenvalue weighted by molar-refractivity contribution is 6.30. The highest BCUT2D eigenvalue weighted by Crippen LogP contribution is 2.33. The van der Waals surface area contributed by atoms with Crippen LogP contribution in [-0.2, 0) is 9.59 Å². The standard InChI is InChI=1S/C18H22ClN3O3/c1-12(13-5-7-14(19)8-6-13)20-15(23)11-22-16(24)18(21-17(22)25)9-3-2-4-10-18/h5-8,12H,2-4,9-11H2,1H3,(H,20,23)(H,21,25)/t12-/m0/s1. The van der Waals surface area contributed by atoms with Gasteiger partial charge in [0.2, 0.25) is 5.91 Å². The maximum Gasteiger partial charge on any atom is 0.325 e. The lowest BCUT2D eigenvalue weighted by molar-refractivity contribution is -0.136. The molecule has 1 aromatic carbocycles. The summed E-state index contributed by atoms with van der Waals surface area (Å²) in [7, 11) is 0. The van der Waals surface area contributed by atoms with E-state index in [1.165, 1.54) is 0 Å². The number of nitrogens with zero attached hydrogens (tertiary/aromatic N) is 1. The molecule has 0 radical (unpaired) electrons. The van der Waals surface area contributed by atoms with Gasteiger partial charge < -0.3 is 10.6 Å². The predicted molar refractivity (Wildman–Crippen MR) is 94.1 cm³/mol. The Morgan fingerprint density at radius 3 is 2.52 bits per heavy atom. The lowest BCUT2D eigenvalue weighted by Crippen LogP contribution is -2.49. The van der Waals surface area contributed by atoms with Gasteiger partial charge in [-0.1, -0.05) is 43.0 Å². The number of rotatable bonds is 4. The first-order chi connectivity index (χ1) is 11.9. The second kappa shape index (κ2) is 7.04. The summed E-state index contributed by atoms with van der Waals surface area (Å²) in [6.07, 6.45) is 4.21. The Morgan fingerprint density at radius 2 is 1.88 bits per heavy atom. The van der Waals surface area contributed by atoms with Crippen molar-refractivity contribution in [1.29, 1.82) is 0 Å². The highest BCUT2D eigenvalue weighted by atomic mass is 35.5. The molecule has 25 heavy (non-hydrogen) atoms. The van der Waals surface area contributed by atoms with Gasteiger partial charge in [0.15, 0.2) is 0 Å². The molecule has 1 spiro atoms. The minimum atomic E-state index is -0.794. The lowest BCUT2D eigenvalue weighted by atomic mass is 9.82. The fraction of sp³-hybridized carbons (Fsp3) is 0.500. The SMILES string of the molecule is C[C@H](NC(=O)CN1C(=O)NC2(CCCCC2)C1=O)c1ccc(Cl)cc1. The number of imide groups is 1. The van der Waals surface area contributed by atoms with Crippen LogP contribution in [0, 0.1) is 0 Å². The second-order valence-corrected chi connectivity index (χ2v) is 7.24. The zero-order valence-corrected chi connectivity index (χ0v) is 14.9. The van der Waals surface area contributed by atoms with Gasteiger partial charge >= 0.3 is 6.03 Å². The molecule has 1 aromatic rings. The van der Waals surface area contributed by atoms with E-state index in [1.54, 1.807) is 12.1 Å². The van der Waals surface area contributed by atoms with E-state index >= 15 is 0 Å². The van der Waals surface area contributed by atoms with Gasteiger partial charge in [-0.3, -0.25) is 14.5 Å². The first-order valence-corrected chi connectivity index (χ1v) is 8.98. The molecule has 1 aliphatic heterocycles. The quantitative estimate of drug-likeness (QED) is 0.807. The molecule has 0 unspecified atom stereocenters. The van der Waals surface area contributed by atoms with Crippen molar-refractivity contribution in [3.05, 3.63) is 34.9 Å². The van der Waals surface area contributed by atoms with Crippen molar-refractivity contribution in [2.75, 3.05) is 6.54 Å². The van der Waals surface area contributed by atoms with Gasteiger partial charge in [-0.2, -0.15) is 0 Å². The van der Waals surface area contributed by atoms with E-state index in [2.05, 4.69) is 10.6 Å². The molecule has 2 fully saturated rings. The molecule has 1 aliphatic carbocycles. The summed E-state index contributed by atoms with van der Waals surface area (Å²) in [5, 5.41) is 6.25. The van der Waals surface area contributed by atoms with Gasteiger partial charge in [-0.15, -0.1) is 0 Å². The monoisotopic (exact) mass is 363 g/mol. The molecule has 2 N–H and O–H groups in total. The van der Waals surface area contributed by atoms with E-state index < -0.39 is 11.6 Å². The molecule has 2 aliphatic rings. The van der Waals surface area contributed by atoms with Crippen molar-refractivity contribution in [3.63, 3.8) is 0 Å². The summed E-state index contributed by atoms with van der Waals surface area (Å²) < 4.78 is 0. The van der Waals surface area contributed by atoms with E-state index in [9.17, 15) is 14.4 Å². The molecule has 1 heterocycles. The number of carbonyl (C=O) groups is 3. The third-order valence-electron chi connectivity index (χ3n) is 5.00. The smallest absolute Gasteiger partial charge is 0.325 e. The van der Waals surface area contributed by atoms with E-state index in [0.717, 1.165) is 29.7 Å². The van der Waals surface area contributed by atoms with Gasteiger partial charge in [0.05, 0.1) is 6.04 Å². The summed E-state index contributed by atoms with van der Waals surface area (Å²) >= 11 is 5.86. The Kier molecular flexibility index (Phi) is 4.99. The fourth-order valence-corrected chi connectivity index (χ4v) is 3.71. The molecule has 134 valence electrons. The molecular weight excluding hydrogens is 342 g/mol. The van der Waals surface area contributed by atoms with Crippen LogP contribution in [0.1, 0.15) is 50.6 Å². The fourth-order valence-electron chi connectivity index (χ4n) is 3.58. The van der Waals surface area contributed by atoms with E-state index in [0.29, 0.717) is 17.9 Å². The predicted octanol–water partition coefficient (Wildman–Crippen LogP) is 2.77. The molecule has 1 saturated carbocycles. The number of hydrogen-bond acceptors (Lipinski definition) is 3. The number of amides is 4. The molecule has 1 atom stereocenters. The Bertz CT molecular complexity index is 683. The molecule has 1 saturated heterocycles. The van der Waals surface area contributed by atoms with Crippen LogP contribution in [0.2, 0.25) is 5.02 Å². The normalized spacial score (nSPS) is 20.5. The van der Waals surface area contributed by atoms with E-state index in [1.807, 2.05) is 19.1 Å². The minimum Gasteiger partial charge on any atom is -0.348 e. The first-order valence-electron chi connectivity index (χ1n) is 8.60. The average molecular weight is 364 g/mol. The largest absolute Gasteiger partial charge is 0.348 e. The van der Waals surface area contributed by atoms with Crippen molar-refractivity contribution in [2.45, 2.75) is 50.6 Å². The van der Waals surface area contributed by atoms with Crippen LogP contribution in [-0.4, -0.2) is 34.8 Å². The molecule has 3 rings (SSSR count). The van der Waals surface area contributed by atoms with Crippen molar-refractivity contribution >= 4 is 29.4 Å². The second-order valence-electron chi connectivity index (χ2n) is 6.80. The number of carbonyl (C=O) groups excluding carboxylic acids is 3. The Labute approximate surface area is 151 Å². The molecular formula is C18H22ClN3O3. The third kappa shape index (κ3) is 3.63. The maximum atomic E-state index is 12.7. The number of urea groups is 1. The van der Waals surface area contributed by atoms with Crippen LogP contribution in [0.5, 0.6) is 0 Å². The highest BCUT2D eigenvalue weighted by Gasteiger charge is 2.51. The van der Waals surface area contributed by atoms with Crippen molar-refractivity contribution in [3.8, 4) is 0 Å². The van der Waals surface area contributed by atoms with Crippen molar-refractivity contribution in [1.82, 2.24) is 15.5 Å². The van der Waals surface area contributed by atoms with E-state index in [-0.39, 0.29) is 24.4 Å². The molecule has 7 heteroatoms. The topological polar surface area (TPSA) is 78.5 Å². The van der Waals surface area contributed by atoms with Gasteiger partial charge in [-0.25, -0.2) is 4.79 Å². The van der Waals surface area contributed by atoms with Crippen molar-refractivity contribution < 1.29 is 14.4 Å². The van der Waals surface area contributed by atoms with Crippen LogP contribution in [0.3, 0.4) is 0 Å². The third-order valence-corrected chi connectivity index (χ3v) is 5.25. The van der Waals surface area contributed by atoms with Gasteiger partial charge in [-0.05, 0) is 37.5 Å². The number of benzene rings is 1. The number of nitrogens with one attached hydrogen (secondary N) is 2. The number of halogens is 1. The summed E-state index contributed by atoms with van der Waals surface area (Å²) in [5.74, 6) is -0.634. The van der Waals surface area contributed by atoms with Gasteiger partial charge in [0, 0.05) is 5.02 Å². The number of hydrogen-bond donors (Lipinski definition) is 2. The van der Waals surface area contributed by atoms with Crippen LogP contribution in [0.4, 0.5) is 4.79 Å². The minimum absolute atomic E-state index is 0.242. The summed E-state index contributed by atoms with van der Waals surface area (Å²) in [6.45, 7) is 1.58. The zero-order valence-electron chi connectivity index (χ0n) is 14.2. The Morgan fingerprint density at radius 1 is 1.24 bits per heavy atom. The Hall–Kier alpha value is -2.08. The Balaban J connectivity index is 1.61. The molecule has 0 bridgehead atoms. The lowest BCUT2D eigenvalue weighted by Gasteiger charge is -2.30. The first kappa shape index (κ1) is 17.7.